The Morgan fingerprint density at radius 1 is 0.294 bits per heavy atom. The van der Waals surface area contributed by atoms with Gasteiger partial charge in [0, 0.05) is 21.6 Å². The summed E-state index contributed by atoms with van der Waals surface area (Å²) in [7, 11) is 0. The van der Waals surface area contributed by atoms with Crippen LogP contribution < -0.4 is 0 Å². The monoisotopic (exact) mass is 866 g/mol. The van der Waals surface area contributed by atoms with Gasteiger partial charge in [-0.15, -0.1) is 0 Å². The smallest absolute Gasteiger partial charge is 0.0998 e. The summed E-state index contributed by atoms with van der Waals surface area (Å²) in [6, 6.07) is 81.7. The van der Waals surface area contributed by atoms with Crippen molar-refractivity contribution in [2.75, 3.05) is 0 Å². The Bertz CT molecular complexity index is 3510. The number of hydrogen-bond acceptors (Lipinski definition) is 2. The standard InChI is InChI=1S/C66H46N2/c1-63(2)55-35-51-52-36-56-54(62-50-32-20-18-30-48(50)42(40-68)34-60(62)64(56,3)4)38-58(52)66(45-25-13-7-14-26-45,46-27-15-8-16-28-46)65(43-21-9-5-10-22-43,44-23-11-6-12-24-44)57(51)37-53(55)61-49-31-19-17-29-47(49)41(39-67)33-59(61)63/h5-38H,1-4H3. The van der Waals surface area contributed by atoms with Crippen LogP contribution in [0.2, 0.25) is 0 Å². The van der Waals surface area contributed by atoms with Crippen molar-refractivity contribution in [2.45, 2.75) is 49.4 Å². The fourth-order valence-corrected chi connectivity index (χ4v) is 13.5. The highest BCUT2D eigenvalue weighted by atomic mass is 14.6. The van der Waals surface area contributed by atoms with Crippen LogP contribution in [0.5, 0.6) is 0 Å². The van der Waals surface area contributed by atoms with Crippen molar-refractivity contribution in [2.24, 2.45) is 0 Å². The van der Waals surface area contributed by atoms with E-state index in [9.17, 15) is 10.5 Å². The predicted octanol–water partition coefficient (Wildman–Crippen LogP) is 15.7. The Morgan fingerprint density at radius 2 is 0.574 bits per heavy atom. The van der Waals surface area contributed by atoms with Crippen molar-refractivity contribution < 1.29 is 0 Å². The van der Waals surface area contributed by atoms with Gasteiger partial charge >= 0.3 is 0 Å². The zero-order valence-corrected chi connectivity index (χ0v) is 38.5. The minimum Gasteiger partial charge on any atom is -0.192 e. The van der Waals surface area contributed by atoms with Gasteiger partial charge in [0.2, 0.25) is 0 Å². The van der Waals surface area contributed by atoms with Crippen molar-refractivity contribution >= 4 is 21.5 Å². The van der Waals surface area contributed by atoms with Gasteiger partial charge < -0.3 is 0 Å². The van der Waals surface area contributed by atoms with Gasteiger partial charge in [-0.25, -0.2) is 0 Å². The maximum absolute atomic E-state index is 10.6. The Labute approximate surface area is 398 Å². The molecule has 0 spiro atoms. The highest BCUT2D eigenvalue weighted by Crippen LogP contribution is 2.69. The quantitative estimate of drug-likeness (QED) is 0.177. The molecule has 0 aromatic heterocycles. The van der Waals surface area contributed by atoms with Crippen LogP contribution in [0, 0.1) is 22.7 Å². The predicted molar refractivity (Wildman–Crippen MR) is 277 cm³/mol. The summed E-state index contributed by atoms with van der Waals surface area (Å²) in [5, 5.41) is 25.4. The van der Waals surface area contributed by atoms with Gasteiger partial charge in [-0.05, 0) is 136 Å². The molecule has 0 unspecified atom stereocenters. The van der Waals surface area contributed by atoms with Crippen molar-refractivity contribution in [3.8, 4) is 45.5 Å². The van der Waals surface area contributed by atoms with E-state index in [-0.39, 0.29) is 0 Å². The van der Waals surface area contributed by atoms with E-state index in [4.69, 9.17) is 0 Å². The van der Waals surface area contributed by atoms with Crippen LogP contribution in [-0.4, -0.2) is 0 Å². The van der Waals surface area contributed by atoms with E-state index in [0.29, 0.717) is 11.1 Å². The van der Waals surface area contributed by atoms with Crippen molar-refractivity contribution in [1.82, 2.24) is 0 Å². The molecule has 2 nitrogen and oxygen atoms in total. The summed E-state index contributed by atoms with van der Waals surface area (Å²) in [5.74, 6) is 0. The Balaban J connectivity index is 1.30. The maximum atomic E-state index is 10.6. The normalized spacial score (nSPS) is 15.8. The molecule has 68 heavy (non-hydrogen) atoms. The summed E-state index contributed by atoms with van der Waals surface area (Å²) < 4.78 is 0. The second kappa shape index (κ2) is 14.1. The van der Waals surface area contributed by atoms with E-state index >= 15 is 0 Å². The summed E-state index contributed by atoms with van der Waals surface area (Å²) in [6.45, 7) is 9.35. The topological polar surface area (TPSA) is 47.6 Å². The van der Waals surface area contributed by atoms with Crippen molar-refractivity contribution in [3.05, 3.63) is 273 Å². The van der Waals surface area contributed by atoms with Gasteiger partial charge in [0.25, 0.3) is 0 Å². The van der Waals surface area contributed by atoms with Gasteiger partial charge in [-0.3, -0.25) is 0 Å². The number of nitrogens with zero attached hydrogens (tertiary/aromatic N) is 2. The average Bonchev–Trinajstić information content (AvgIpc) is 3.75. The Kier molecular flexibility index (Phi) is 8.30. The number of hydrogen-bond donors (Lipinski definition) is 0. The molecule has 0 bridgehead atoms. The molecule has 13 rings (SSSR count). The highest BCUT2D eigenvalue weighted by Gasteiger charge is 2.62. The van der Waals surface area contributed by atoms with Crippen molar-refractivity contribution in [3.63, 3.8) is 0 Å². The molecule has 0 N–H and O–H groups in total. The molecule has 0 fully saturated rings. The molecular formula is C66H46N2. The molecule has 320 valence electrons. The van der Waals surface area contributed by atoms with E-state index in [1.165, 1.54) is 89.0 Å². The molecule has 3 aliphatic rings. The first-order valence-corrected chi connectivity index (χ1v) is 23.7. The van der Waals surface area contributed by atoms with Gasteiger partial charge in [0.1, 0.15) is 0 Å². The molecule has 0 radical (unpaired) electrons. The average molecular weight is 867 g/mol. The van der Waals surface area contributed by atoms with Crippen LogP contribution in [-0.2, 0) is 21.7 Å². The van der Waals surface area contributed by atoms with Crippen LogP contribution in [0.3, 0.4) is 0 Å². The number of rotatable bonds is 4. The Hall–Kier alpha value is -8.30. The third-order valence-corrected chi connectivity index (χ3v) is 16.4. The van der Waals surface area contributed by atoms with Crippen LogP contribution in [0.1, 0.15) is 94.5 Å². The molecule has 0 aliphatic heterocycles. The first-order chi connectivity index (χ1) is 33.2. The first kappa shape index (κ1) is 40.0. The van der Waals surface area contributed by atoms with Crippen LogP contribution in [0.4, 0.5) is 0 Å². The van der Waals surface area contributed by atoms with Gasteiger partial charge in [0.05, 0.1) is 34.1 Å². The molecule has 10 aromatic rings. The molecule has 3 aliphatic carbocycles. The van der Waals surface area contributed by atoms with E-state index in [1.807, 2.05) is 12.1 Å². The maximum Gasteiger partial charge on any atom is 0.0998 e. The lowest BCUT2D eigenvalue weighted by atomic mass is 9.43. The molecule has 0 atom stereocenters. The number of fused-ring (bicyclic) bond motifs is 13. The van der Waals surface area contributed by atoms with Crippen LogP contribution in [0.25, 0.3) is 54.9 Å². The summed E-state index contributed by atoms with van der Waals surface area (Å²) in [5.41, 5.74) is 18.2. The first-order valence-electron chi connectivity index (χ1n) is 23.7. The molecule has 10 aromatic carbocycles. The van der Waals surface area contributed by atoms with Crippen molar-refractivity contribution in [1.29, 1.82) is 10.5 Å². The van der Waals surface area contributed by atoms with E-state index < -0.39 is 21.7 Å². The molecular weight excluding hydrogens is 821 g/mol. The number of nitriles is 2. The van der Waals surface area contributed by atoms with Crippen LogP contribution in [0.15, 0.2) is 206 Å². The zero-order valence-electron chi connectivity index (χ0n) is 38.5. The zero-order chi connectivity index (χ0) is 46.2. The second-order valence-electron chi connectivity index (χ2n) is 20.1. The third kappa shape index (κ3) is 4.89. The second-order valence-corrected chi connectivity index (χ2v) is 20.1. The summed E-state index contributed by atoms with van der Waals surface area (Å²) in [4.78, 5) is 0. The third-order valence-electron chi connectivity index (χ3n) is 16.4. The minimum absolute atomic E-state index is 0.413. The summed E-state index contributed by atoms with van der Waals surface area (Å²) in [6.07, 6.45) is 0. The fraction of sp³-hybridized carbons (Fsp3) is 0.121. The lowest BCUT2D eigenvalue weighted by molar-refractivity contribution is 0.414. The number of benzene rings is 10. The lowest BCUT2D eigenvalue weighted by Crippen LogP contribution is -2.55. The largest absolute Gasteiger partial charge is 0.192 e. The molecule has 2 heteroatoms. The molecule has 0 saturated carbocycles. The van der Waals surface area contributed by atoms with Gasteiger partial charge in [-0.2, -0.15) is 10.5 Å². The van der Waals surface area contributed by atoms with Crippen LogP contribution >= 0.6 is 0 Å². The van der Waals surface area contributed by atoms with Gasteiger partial charge in [-0.1, -0.05) is 198 Å². The molecule has 0 amide bonds. The van der Waals surface area contributed by atoms with Gasteiger partial charge in [0.15, 0.2) is 0 Å². The summed E-state index contributed by atoms with van der Waals surface area (Å²) >= 11 is 0. The molecule has 0 heterocycles. The SMILES string of the molecule is CC1(C)c2cc3c(cc2-c2c1cc(C#N)c1ccccc21)C(c1ccccc1)(c1ccccc1)C(c1ccccc1)(c1ccccc1)c1cc2c(cc1-3)C(C)(C)c1cc(C#N)c3ccccc3c1-2. The lowest BCUT2D eigenvalue weighted by Gasteiger charge is -2.57. The molecule has 0 saturated heterocycles. The van der Waals surface area contributed by atoms with E-state index in [2.05, 4.69) is 234 Å². The van der Waals surface area contributed by atoms with E-state index in [1.54, 1.807) is 0 Å². The highest BCUT2D eigenvalue weighted by molar-refractivity contribution is 6.08. The van der Waals surface area contributed by atoms with E-state index in [0.717, 1.165) is 21.5 Å². The Morgan fingerprint density at radius 3 is 0.882 bits per heavy atom. The fourth-order valence-electron chi connectivity index (χ4n) is 13.5. The minimum atomic E-state index is -0.858.